The van der Waals surface area contributed by atoms with Crippen LogP contribution in [0.4, 0.5) is 11.9 Å². The van der Waals surface area contributed by atoms with Gasteiger partial charge in [-0.15, -0.1) is 0 Å². The molecule has 0 saturated carbocycles. The second-order valence-electron chi connectivity index (χ2n) is 5.04. The molecule has 3 heterocycles. The van der Waals surface area contributed by atoms with E-state index in [2.05, 4.69) is 42.7 Å². The van der Waals surface area contributed by atoms with Gasteiger partial charge in [-0.3, -0.25) is 5.43 Å². The molecule has 9 heteroatoms. The molecule has 1 unspecified atom stereocenters. The minimum absolute atomic E-state index is 0.303. The first-order valence-corrected chi connectivity index (χ1v) is 6.93. The summed E-state index contributed by atoms with van der Waals surface area (Å²) in [6.45, 7) is 1.93. The van der Waals surface area contributed by atoms with Crippen molar-refractivity contribution in [2.45, 2.75) is 18.9 Å². The standard InChI is InChI=1S/C12H19N9/c1-20-6-2-4-9(20)8-14-10-16-11(19-13)18-12(17-10)21-7-3-5-15-21/h3,5,7,9H,2,4,6,8,13H2,1H3,(H2,14,16,17,18,19). The van der Waals surface area contributed by atoms with E-state index in [1.807, 2.05) is 0 Å². The first kappa shape index (κ1) is 13.7. The van der Waals surface area contributed by atoms with Gasteiger partial charge in [0.25, 0.3) is 5.95 Å². The number of aromatic nitrogens is 5. The Morgan fingerprint density at radius 2 is 2.19 bits per heavy atom. The van der Waals surface area contributed by atoms with Gasteiger partial charge in [0.2, 0.25) is 11.9 Å². The Kier molecular flexibility index (Phi) is 3.93. The van der Waals surface area contributed by atoms with Crippen molar-refractivity contribution in [3.8, 4) is 5.95 Å². The van der Waals surface area contributed by atoms with E-state index >= 15 is 0 Å². The molecule has 4 N–H and O–H groups in total. The van der Waals surface area contributed by atoms with Crippen molar-refractivity contribution in [1.82, 2.24) is 29.6 Å². The van der Waals surface area contributed by atoms with Gasteiger partial charge in [0, 0.05) is 25.0 Å². The summed E-state index contributed by atoms with van der Waals surface area (Å²) < 4.78 is 1.56. The fourth-order valence-electron chi connectivity index (χ4n) is 2.44. The average molecular weight is 289 g/mol. The predicted octanol–water partition coefficient (Wildman–Crippen LogP) is -0.151. The second kappa shape index (κ2) is 6.02. The maximum absolute atomic E-state index is 5.41. The molecule has 9 nitrogen and oxygen atoms in total. The Labute approximate surface area is 122 Å². The van der Waals surface area contributed by atoms with Crippen LogP contribution in [0.25, 0.3) is 5.95 Å². The number of anilines is 2. The van der Waals surface area contributed by atoms with Crippen LogP contribution in [0.5, 0.6) is 0 Å². The van der Waals surface area contributed by atoms with Crippen LogP contribution >= 0.6 is 0 Å². The Morgan fingerprint density at radius 3 is 2.86 bits per heavy atom. The molecule has 0 aromatic carbocycles. The van der Waals surface area contributed by atoms with E-state index in [4.69, 9.17) is 5.84 Å². The van der Waals surface area contributed by atoms with E-state index in [-0.39, 0.29) is 0 Å². The largest absolute Gasteiger partial charge is 0.352 e. The van der Waals surface area contributed by atoms with Crippen molar-refractivity contribution < 1.29 is 0 Å². The molecule has 1 fully saturated rings. The number of hydrazine groups is 1. The third-order valence-corrected chi connectivity index (χ3v) is 3.63. The molecule has 0 radical (unpaired) electrons. The minimum Gasteiger partial charge on any atom is -0.352 e. The molecule has 2 aromatic heterocycles. The Balaban J connectivity index is 1.76. The highest BCUT2D eigenvalue weighted by Crippen LogP contribution is 2.15. The highest BCUT2D eigenvalue weighted by Gasteiger charge is 2.20. The van der Waals surface area contributed by atoms with Gasteiger partial charge < -0.3 is 10.2 Å². The van der Waals surface area contributed by atoms with Crippen LogP contribution in [0.3, 0.4) is 0 Å². The number of nitrogens with one attached hydrogen (secondary N) is 2. The monoisotopic (exact) mass is 289 g/mol. The van der Waals surface area contributed by atoms with E-state index < -0.39 is 0 Å². The van der Waals surface area contributed by atoms with Crippen LogP contribution in [0, 0.1) is 0 Å². The number of nitrogens with zero attached hydrogens (tertiary/aromatic N) is 6. The van der Waals surface area contributed by atoms with Crippen molar-refractivity contribution in [2.75, 3.05) is 30.9 Å². The summed E-state index contributed by atoms with van der Waals surface area (Å²) in [5.74, 6) is 6.63. The molecule has 0 bridgehead atoms. The Bertz CT molecular complexity index is 582. The van der Waals surface area contributed by atoms with Crippen LogP contribution in [0.2, 0.25) is 0 Å². The Morgan fingerprint density at radius 1 is 1.33 bits per heavy atom. The van der Waals surface area contributed by atoms with E-state index in [9.17, 15) is 0 Å². The number of likely N-dealkylation sites (tertiary alicyclic amines) is 1. The first-order valence-electron chi connectivity index (χ1n) is 6.93. The van der Waals surface area contributed by atoms with Crippen molar-refractivity contribution in [2.24, 2.45) is 5.84 Å². The highest BCUT2D eigenvalue weighted by molar-refractivity contribution is 5.37. The van der Waals surface area contributed by atoms with Crippen LogP contribution < -0.4 is 16.6 Å². The lowest BCUT2D eigenvalue weighted by Gasteiger charge is -2.19. The van der Waals surface area contributed by atoms with Gasteiger partial charge >= 0.3 is 0 Å². The summed E-state index contributed by atoms with van der Waals surface area (Å²) in [4.78, 5) is 15.1. The molecule has 1 aliphatic rings. The van der Waals surface area contributed by atoms with Crippen molar-refractivity contribution >= 4 is 11.9 Å². The molecule has 0 amide bonds. The molecule has 1 saturated heterocycles. The molecule has 112 valence electrons. The average Bonchev–Trinajstić information content (AvgIpc) is 3.16. The predicted molar refractivity (Wildman–Crippen MR) is 78.9 cm³/mol. The summed E-state index contributed by atoms with van der Waals surface area (Å²) in [7, 11) is 2.13. The lowest BCUT2D eigenvalue weighted by molar-refractivity contribution is 0.322. The van der Waals surface area contributed by atoms with Gasteiger partial charge in [0.15, 0.2) is 0 Å². The molecular formula is C12H19N9. The fourth-order valence-corrected chi connectivity index (χ4v) is 2.44. The van der Waals surface area contributed by atoms with Gasteiger partial charge in [0.1, 0.15) is 0 Å². The van der Waals surface area contributed by atoms with Crippen LogP contribution in [-0.2, 0) is 0 Å². The quantitative estimate of drug-likeness (QED) is 0.515. The van der Waals surface area contributed by atoms with E-state index in [1.54, 1.807) is 23.1 Å². The zero-order valence-corrected chi connectivity index (χ0v) is 11.9. The number of nitrogens with two attached hydrogens (primary N) is 1. The van der Waals surface area contributed by atoms with Crippen LogP contribution in [0.1, 0.15) is 12.8 Å². The van der Waals surface area contributed by atoms with Crippen molar-refractivity contribution in [3.63, 3.8) is 0 Å². The van der Waals surface area contributed by atoms with Gasteiger partial charge in [-0.1, -0.05) is 0 Å². The number of nitrogen functional groups attached to an aromatic ring is 1. The van der Waals surface area contributed by atoms with E-state index in [1.165, 1.54) is 12.8 Å². The number of likely N-dealkylation sites (N-methyl/N-ethyl adjacent to an activating group) is 1. The van der Waals surface area contributed by atoms with Gasteiger partial charge in [-0.25, -0.2) is 10.5 Å². The van der Waals surface area contributed by atoms with Crippen molar-refractivity contribution in [1.29, 1.82) is 0 Å². The Hall–Kier alpha value is -2.26. The molecule has 1 atom stereocenters. The molecule has 2 aromatic rings. The summed E-state index contributed by atoms with van der Waals surface area (Å²) >= 11 is 0. The van der Waals surface area contributed by atoms with Gasteiger partial charge in [0.05, 0.1) is 0 Å². The molecule has 0 aliphatic carbocycles. The molecule has 3 rings (SSSR count). The second-order valence-corrected chi connectivity index (χ2v) is 5.04. The van der Waals surface area contributed by atoms with Gasteiger partial charge in [-0.2, -0.15) is 20.1 Å². The SMILES string of the molecule is CN1CCCC1CNc1nc(NN)nc(-n2cccn2)n1. The van der Waals surface area contributed by atoms with E-state index in [0.717, 1.165) is 13.1 Å². The molecule has 0 spiro atoms. The normalized spacial score (nSPS) is 18.9. The zero-order valence-electron chi connectivity index (χ0n) is 11.9. The number of hydrogen-bond acceptors (Lipinski definition) is 8. The maximum atomic E-state index is 5.41. The summed E-state index contributed by atoms with van der Waals surface area (Å²) in [6, 6.07) is 2.31. The molecule has 21 heavy (non-hydrogen) atoms. The summed E-state index contributed by atoms with van der Waals surface area (Å²) in [5.41, 5.74) is 2.45. The summed E-state index contributed by atoms with van der Waals surface area (Å²) in [5, 5.41) is 7.37. The summed E-state index contributed by atoms with van der Waals surface area (Å²) in [6.07, 6.45) is 5.85. The lowest BCUT2D eigenvalue weighted by atomic mass is 10.2. The molecular weight excluding hydrogens is 270 g/mol. The van der Waals surface area contributed by atoms with Crippen molar-refractivity contribution in [3.05, 3.63) is 18.5 Å². The first-order chi connectivity index (χ1) is 10.3. The lowest BCUT2D eigenvalue weighted by Crippen LogP contribution is -2.32. The van der Waals surface area contributed by atoms with Crippen LogP contribution in [0.15, 0.2) is 18.5 Å². The highest BCUT2D eigenvalue weighted by atomic mass is 15.4. The van der Waals surface area contributed by atoms with Crippen LogP contribution in [-0.4, -0.2) is 55.8 Å². The molecule has 1 aliphatic heterocycles. The fraction of sp³-hybridized carbons (Fsp3) is 0.500. The van der Waals surface area contributed by atoms with Gasteiger partial charge in [-0.05, 0) is 32.5 Å². The topological polar surface area (TPSA) is 110 Å². The third-order valence-electron chi connectivity index (χ3n) is 3.63. The zero-order chi connectivity index (χ0) is 14.7. The maximum Gasteiger partial charge on any atom is 0.257 e. The smallest absolute Gasteiger partial charge is 0.257 e. The number of rotatable bonds is 5. The minimum atomic E-state index is 0.303. The number of hydrogen-bond donors (Lipinski definition) is 3. The van der Waals surface area contributed by atoms with E-state index in [0.29, 0.717) is 23.9 Å². The third kappa shape index (κ3) is 3.09.